The minimum atomic E-state index is -0.422. The summed E-state index contributed by atoms with van der Waals surface area (Å²) in [7, 11) is 3.33. The second kappa shape index (κ2) is 15.9. The van der Waals surface area contributed by atoms with Gasteiger partial charge in [-0.25, -0.2) is 0 Å². The fourth-order valence-electron chi connectivity index (χ4n) is 15.6. The Labute approximate surface area is 446 Å². The molecule has 2 saturated carbocycles. The summed E-state index contributed by atoms with van der Waals surface area (Å²) >= 11 is 0. The Kier molecular flexibility index (Phi) is 9.00. The van der Waals surface area contributed by atoms with Crippen molar-refractivity contribution in [2.24, 2.45) is 0 Å². The molecule has 0 unspecified atom stereocenters. The second-order valence-corrected chi connectivity index (χ2v) is 22.5. The van der Waals surface area contributed by atoms with Gasteiger partial charge in [0.05, 0.1) is 65.6 Å². The van der Waals surface area contributed by atoms with Crippen LogP contribution in [0.15, 0.2) is 146 Å². The van der Waals surface area contributed by atoms with Crippen molar-refractivity contribution in [3.63, 3.8) is 0 Å². The number of rotatable bonds is 6. The number of aromatic nitrogens is 4. The van der Waals surface area contributed by atoms with Crippen molar-refractivity contribution in [1.82, 2.24) is 28.1 Å². The number of amides is 2. The second-order valence-electron chi connectivity index (χ2n) is 22.5. The number of Topliss-reactive ketones (excluding diaryl/α,β-unsaturated/α-hetero) is 1. The molecule has 18 rings (SSSR count). The van der Waals surface area contributed by atoms with E-state index in [0.29, 0.717) is 32.6 Å². The third-order valence-electron chi connectivity index (χ3n) is 18.7. The Hall–Kier alpha value is -8.87. The van der Waals surface area contributed by atoms with E-state index in [1.807, 2.05) is 70.5 Å². The summed E-state index contributed by atoms with van der Waals surface area (Å²) in [5, 5.41) is 20.2. The number of carbonyl (C=O) groups excluding carboxylic acids is 3. The van der Waals surface area contributed by atoms with Crippen LogP contribution >= 0.6 is 0 Å². The lowest BCUT2D eigenvalue weighted by atomic mass is 9.97. The highest BCUT2D eigenvalue weighted by molar-refractivity contribution is 6.33. The number of benzene rings is 8. The first-order valence-corrected chi connectivity index (χ1v) is 27.3. The van der Waals surface area contributed by atoms with E-state index in [1.165, 1.54) is 38.1 Å². The molecule has 12 heteroatoms. The summed E-state index contributed by atoms with van der Waals surface area (Å²) in [5.74, 6) is 2.04. The van der Waals surface area contributed by atoms with Crippen LogP contribution < -0.4 is 9.47 Å². The number of aliphatic hydroxyl groups excluding tert-OH is 1. The number of aliphatic hydroxyl groups is 1. The highest BCUT2D eigenvalue weighted by Gasteiger charge is 2.46. The van der Waals surface area contributed by atoms with Gasteiger partial charge in [0.2, 0.25) is 0 Å². The van der Waals surface area contributed by atoms with E-state index in [1.54, 1.807) is 14.2 Å². The first kappa shape index (κ1) is 44.3. The smallest absolute Gasteiger partial charge is 0.255 e. The van der Waals surface area contributed by atoms with Gasteiger partial charge in [-0.1, -0.05) is 97.1 Å². The number of hydrogen-bond acceptors (Lipinski definition) is 6. The monoisotopic (exact) mass is 1020 g/mol. The molecule has 0 spiro atoms. The Morgan fingerprint density at radius 2 is 0.872 bits per heavy atom. The number of hydrogen-bond donors (Lipinski definition) is 1. The molecule has 78 heavy (non-hydrogen) atoms. The van der Waals surface area contributed by atoms with Gasteiger partial charge in [-0.3, -0.25) is 14.4 Å². The standard InChI is InChI=1S/C33H27N3O3.C33H25N3O3/c2*1-39-20-12-10-18(11-13-20)16-34-17-23-28-21-6-2-4-8-24(21)35-19-14-26(27(37)15-19)36-25-9-5-3-7-22(25)29(30(23)33(34)38)32(36)31(28)35/h2-13,19,26-27,37H,14-17H2,1H3;2-13,19,26H,14-17H2,1H3/t19-,26+,27+;19-,26+/m00/s1. The van der Waals surface area contributed by atoms with Gasteiger partial charge in [0.25, 0.3) is 11.8 Å². The van der Waals surface area contributed by atoms with Gasteiger partial charge in [0.15, 0.2) is 5.78 Å². The van der Waals surface area contributed by atoms with Crippen molar-refractivity contribution in [1.29, 1.82) is 0 Å². The zero-order valence-electron chi connectivity index (χ0n) is 43.1. The molecular formula is C66H52N6O6. The highest BCUT2D eigenvalue weighted by Crippen LogP contribution is 2.56. The third kappa shape index (κ3) is 5.69. The van der Waals surface area contributed by atoms with Gasteiger partial charge < -0.3 is 42.6 Å². The Morgan fingerprint density at radius 3 is 1.36 bits per heavy atom. The maximum atomic E-state index is 14.3. The van der Waals surface area contributed by atoms with Crippen LogP contribution in [0.1, 0.15) is 92.8 Å². The van der Waals surface area contributed by atoms with Gasteiger partial charge in [-0.15, -0.1) is 0 Å². The molecule has 12 nitrogen and oxygen atoms in total. The van der Waals surface area contributed by atoms with Crippen molar-refractivity contribution >= 4 is 105 Å². The van der Waals surface area contributed by atoms with Crippen LogP contribution in [0.5, 0.6) is 11.5 Å². The van der Waals surface area contributed by atoms with Gasteiger partial charge in [-0.05, 0) is 90.0 Å². The molecule has 4 bridgehead atoms. The normalized spacial score (nSPS) is 20.7. The van der Waals surface area contributed by atoms with Crippen LogP contribution in [-0.4, -0.2) is 71.1 Å². The summed E-state index contributed by atoms with van der Waals surface area (Å²) in [5.41, 5.74) is 15.1. The molecular weight excluding hydrogens is 973 g/mol. The molecule has 0 radical (unpaired) electrons. The molecule has 5 atom stereocenters. The van der Waals surface area contributed by atoms with Crippen molar-refractivity contribution in [2.75, 3.05) is 14.2 Å². The fraction of sp³-hybridized carbons (Fsp3) is 0.227. The number of nitrogens with zero attached hydrogens (tertiary/aromatic N) is 6. The summed E-state index contributed by atoms with van der Waals surface area (Å²) in [4.78, 5) is 46.1. The number of fused-ring (bicyclic) bond motifs is 26. The molecule has 12 aromatic rings. The molecule has 2 aliphatic carbocycles. The van der Waals surface area contributed by atoms with Crippen LogP contribution in [-0.2, 0) is 31.0 Å². The lowest BCUT2D eigenvalue weighted by Crippen LogP contribution is -2.23. The van der Waals surface area contributed by atoms with Crippen LogP contribution in [0.3, 0.4) is 0 Å². The molecule has 0 saturated heterocycles. The maximum absolute atomic E-state index is 14.3. The van der Waals surface area contributed by atoms with Gasteiger partial charge in [0, 0.05) is 110 Å². The Morgan fingerprint density at radius 1 is 0.462 bits per heavy atom. The van der Waals surface area contributed by atoms with E-state index in [2.05, 4.69) is 103 Å². The fourth-order valence-corrected chi connectivity index (χ4v) is 15.6. The zero-order chi connectivity index (χ0) is 52.0. The zero-order valence-corrected chi connectivity index (χ0v) is 43.1. The van der Waals surface area contributed by atoms with E-state index >= 15 is 0 Å². The number of para-hydroxylation sites is 4. The molecule has 6 aliphatic rings. The van der Waals surface area contributed by atoms with Crippen molar-refractivity contribution < 1.29 is 29.0 Å². The summed E-state index contributed by atoms with van der Waals surface area (Å²) in [6.07, 6.45) is 2.54. The van der Waals surface area contributed by atoms with E-state index in [9.17, 15) is 19.5 Å². The van der Waals surface area contributed by atoms with Crippen molar-refractivity contribution in [2.45, 2.75) is 82.1 Å². The highest BCUT2D eigenvalue weighted by atomic mass is 16.5. The van der Waals surface area contributed by atoms with Crippen LogP contribution in [0, 0.1) is 0 Å². The lowest BCUT2D eigenvalue weighted by molar-refractivity contribution is -0.120. The number of ketones is 1. The minimum Gasteiger partial charge on any atom is -0.497 e. The summed E-state index contributed by atoms with van der Waals surface area (Å²) in [6.45, 7) is 2.22. The topological polar surface area (TPSA) is 116 Å². The molecule has 2 fully saturated rings. The van der Waals surface area contributed by atoms with Gasteiger partial charge >= 0.3 is 0 Å². The van der Waals surface area contributed by atoms with Crippen molar-refractivity contribution in [3.8, 4) is 11.5 Å². The van der Waals surface area contributed by atoms with Crippen molar-refractivity contribution in [3.05, 3.63) is 179 Å². The van der Waals surface area contributed by atoms with Gasteiger partial charge in [0.1, 0.15) is 11.5 Å². The van der Waals surface area contributed by atoms with E-state index in [0.717, 1.165) is 113 Å². The molecule has 8 aromatic carbocycles. The predicted octanol–water partition coefficient (Wildman–Crippen LogP) is 12.8. The average Bonchev–Trinajstić information content (AvgIpc) is 3.34. The largest absolute Gasteiger partial charge is 0.497 e. The number of carbonyl (C=O) groups is 3. The maximum Gasteiger partial charge on any atom is 0.255 e. The van der Waals surface area contributed by atoms with E-state index < -0.39 is 6.10 Å². The number of methoxy groups -OCH3 is 2. The molecule has 2 amide bonds. The first-order valence-electron chi connectivity index (χ1n) is 27.3. The molecule has 8 heterocycles. The third-order valence-corrected chi connectivity index (χ3v) is 18.7. The predicted molar refractivity (Wildman–Crippen MR) is 304 cm³/mol. The van der Waals surface area contributed by atoms with Crippen LogP contribution in [0.4, 0.5) is 0 Å². The Balaban J connectivity index is 0.000000126. The van der Waals surface area contributed by atoms with E-state index in [4.69, 9.17) is 9.47 Å². The first-order chi connectivity index (χ1) is 38.3. The Bertz CT molecular complexity index is 4670. The molecule has 382 valence electrons. The SMILES string of the molecule is COc1ccc(CN2Cc3c(c4c5ccccc5n5c4c4c3c3ccccc3n4[C@@H]3CC(=O)[C@H]5C3)C2=O)cc1.COc1ccc(CN2Cc3c(c4c5ccccc5n5c4c4c3c3ccccc3n4[C@@H]3C[C@@H](O)[C@H]5C3)C2=O)cc1. The molecule has 1 N–H and O–H groups in total. The minimum absolute atomic E-state index is 0.00998. The van der Waals surface area contributed by atoms with E-state index in [-0.39, 0.29) is 41.8 Å². The van der Waals surface area contributed by atoms with Crippen LogP contribution in [0.2, 0.25) is 0 Å². The molecule has 4 aromatic heterocycles. The average molecular weight is 1030 g/mol. The number of ether oxygens (including phenoxy) is 2. The van der Waals surface area contributed by atoms with Crippen LogP contribution in [0.25, 0.3) is 87.2 Å². The molecule has 4 aliphatic heterocycles. The van der Waals surface area contributed by atoms with Gasteiger partial charge in [-0.2, -0.15) is 0 Å². The summed E-state index contributed by atoms with van der Waals surface area (Å²) in [6, 6.07) is 49.9. The summed E-state index contributed by atoms with van der Waals surface area (Å²) < 4.78 is 20.2. The lowest BCUT2D eigenvalue weighted by Gasteiger charge is -2.20. The quantitative estimate of drug-likeness (QED) is 0.177.